The number of hydrogen-bond acceptors (Lipinski definition) is 3. The minimum Gasteiger partial charge on any atom is -0.256 e. The molecule has 0 aliphatic heterocycles. The van der Waals surface area contributed by atoms with Crippen LogP contribution in [0.15, 0.2) is 225 Å². The topological polar surface area (TPSA) is 48.5 Å². The van der Waals surface area contributed by atoms with Gasteiger partial charge in [-0.15, -0.1) is 0 Å². The van der Waals surface area contributed by atoms with Crippen LogP contribution in [0.1, 0.15) is 22.3 Å². The first-order valence-corrected chi connectivity index (χ1v) is 21.3. The zero-order chi connectivity index (χ0) is 41.5. The third-order valence-electron chi connectivity index (χ3n) is 11.7. The van der Waals surface area contributed by atoms with E-state index in [2.05, 4.69) is 192 Å². The molecule has 0 amide bonds. The van der Waals surface area contributed by atoms with Crippen molar-refractivity contribution in [2.45, 2.75) is 25.7 Å². The fourth-order valence-electron chi connectivity index (χ4n) is 8.31. The van der Waals surface area contributed by atoms with Crippen molar-refractivity contribution in [3.05, 3.63) is 247 Å². The summed E-state index contributed by atoms with van der Waals surface area (Å²) in [5.74, 6) is 0. The second-order valence-corrected chi connectivity index (χ2v) is 15.8. The molecule has 0 atom stereocenters. The smallest absolute Gasteiger partial charge is 0.0702 e. The van der Waals surface area contributed by atoms with Gasteiger partial charge in [0, 0.05) is 42.1 Å². The molecule has 0 aliphatic rings. The van der Waals surface area contributed by atoms with Gasteiger partial charge in [0.25, 0.3) is 0 Å². The van der Waals surface area contributed by atoms with Crippen LogP contribution >= 0.6 is 0 Å². The van der Waals surface area contributed by atoms with Crippen LogP contribution in [0.5, 0.6) is 0 Å². The summed E-state index contributed by atoms with van der Waals surface area (Å²) in [6, 6.07) is 69.7. The predicted molar refractivity (Wildman–Crippen MR) is 253 cm³/mol. The van der Waals surface area contributed by atoms with Gasteiger partial charge in [-0.25, -0.2) is 9.36 Å². The molecular formula is C57H45N5. The average Bonchev–Trinajstić information content (AvgIpc) is 4.10. The van der Waals surface area contributed by atoms with Crippen LogP contribution in [0.25, 0.3) is 67.1 Å². The van der Waals surface area contributed by atoms with E-state index < -0.39 is 0 Å². The van der Waals surface area contributed by atoms with Crippen LogP contribution in [0, 0.1) is 0 Å². The predicted octanol–water partition coefficient (Wildman–Crippen LogP) is 13.4. The molecule has 3 heterocycles. The summed E-state index contributed by atoms with van der Waals surface area (Å²) in [4.78, 5) is 5.04. The van der Waals surface area contributed by atoms with Crippen molar-refractivity contribution in [3.63, 3.8) is 0 Å². The molecule has 5 heteroatoms. The molecule has 10 rings (SSSR count). The second-order valence-electron chi connectivity index (χ2n) is 15.8. The number of aryl methyl sites for hydroxylation is 4. The fraction of sp³-hybridized carbons (Fsp3) is 0.0702. The zero-order valence-corrected chi connectivity index (χ0v) is 34.4. The molecule has 0 spiro atoms. The number of pyridine rings is 1. The van der Waals surface area contributed by atoms with Crippen LogP contribution in [0.3, 0.4) is 0 Å². The van der Waals surface area contributed by atoms with Gasteiger partial charge in [0.15, 0.2) is 0 Å². The van der Waals surface area contributed by atoms with Crippen LogP contribution in [0.4, 0.5) is 0 Å². The lowest BCUT2D eigenvalue weighted by Crippen LogP contribution is -1.99. The molecule has 0 radical (unpaired) electrons. The highest BCUT2D eigenvalue weighted by molar-refractivity contribution is 5.84. The van der Waals surface area contributed by atoms with E-state index in [0.717, 1.165) is 53.9 Å². The van der Waals surface area contributed by atoms with Crippen LogP contribution in [-0.2, 0) is 25.7 Å². The van der Waals surface area contributed by atoms with Crippen molar-refractivity contribution in [2.24, 2.45) is 0 Å². The first-order chi connectivity index (χ1) is 30.7. The largest absolute Gasteiger partial charge is 0.256 e. The molecular weight excluding hydrogens is 755 g/mol. The van der Waals surface area contributed by atoms with Gasteiger partial charge in [-0.05, 0) is 135 Å². The van der Waals surface area contributed by atoms with Crippen molar-refractivity contribution in [1.82, 2.24) is 24.5 Å². The van der Waals surface area contributed by atoms with Gasteiger partial charge < -0.3 is 0 Å². The Morgan fingerprint density at radius 2 is 0.806 bits per heavy atom. The lowest BCUT2D eigenvalue weighted by molar-refractivity contribution is 0.875. The molecule has 0 bridgehead atoms. The highest BCUT2D eigenvalue weighted by Crippen LogP contribution is 2.35. The highest BCUT2D eigenvalue weighted by Gasteiger charge is 2.13. The summed E-state index contributed by atoms with van der Waals surface area (Å²) in [6.45, 7) is 0. The maximum Gasteiger partial charge on any atom is 0.0702 e. The third-order valence-corrected chi connectivity index (χ3v) is 11.7. The van der Waals surface area contributed by atoms with Crippen molar-refractivity contribution < 1.29 is 0 Å². The minimum atomic E-state index is 0.940. The molecule has 0 fully saturated rings. The van der Waals surface area contributed by atoms with Gasteiger partial charge in [-0.1, -0.05) is 146 Å². The summed E-state index contributed by atoms with van der Waals surface area (Å²) in [6.07, 6.45) is 13.4. The highest BCUT2D eigenvalue weighted by atomic mass is 15.3. The molecule has 298 valence electrons. The molecule has 3 aromatic heterocycles. The van der Waals surface area contributed by atoms with Gasteiger partial charge in [0.1, 0.15) is 0 Å². The average molecular weight is 800 g/mol. The van der Waals surface area contributed by atoms with Crippen LogP contribution in [-0.4, -0.2) is 24.5 Å². The quantitative estimate of drug-likeness (QED) is 0.117. The molecule has 5 nitrogen and oxygen atoms in total. The normalized spacial score (nSPS) is 11.2. The lowest BCUT2D eigenvalue weighted by Gasteiger charge is -2.15. The van der Waals surface area contributed by atoms with Gasteiger partial charge in [0.2, 0.25) is 0 Å². The van der Waals surface area contributed by atoms with E-state index in [0.29, 0.717) is 0 Å². The van der Waals surface area contributed by atoms with E-state index in [1.165, 1.54) is 61.2 Å². The Labute approximate surface area is 363 Å². The van der Waals surface area contributed by atoms with Gasteiger partial charge in [-0.3, -0.25) is 4.98 Å². The van der Waals surface area contributed by atoms with Gasteiger partial charge in [0.05, 0.1) is 17.1 Å². The molecule has 0 N–H and O–H groups in total. The Bertz CT molecular complexity index is 2910. The standard InChI is InChI=1S/C57H45N5/c1-2-9-46(10-3-1)47-23-25-48(26-24-47)49-11-6-12-50(40-49)57-32-27-51(41-58-57)55-13-4-5-14-56(55)52-38-44(17-15-42-19-28-53(29-20-42)61-35-7-33-59-61)37-45(39-52)18-16-43-21-30-54(31-22-43)62-36-8-34-60-62/h1-14,19-41H,15-18H2. The Hall–Kier alpha value is -7.89. The lowest BCUT2D eigenvalue weighted by atomic mass is 9.90. The van der Waals surface area contributed by atoms with E-state index in [1.54, 1.807) is 0 Å². The monoisotopic (exact) mass is 799 g/mol. The van der Waals surface area contributed by atoms with E-state index in [9.17, 15) is 0 Å². The number of benzene rings is 7. The van der Waals surface area contributed by atoms with Crippen molar-refractivity contribution >= 4 is 0 Å². The van der Waals surface area contributed by atoms with Crippen molar-refractivity contribution in [1.29, 1.82) is 0 Å². The number of hydrogen-bond donors (Lipinski definition) is 0. The first-order valence-electron chi connectivity index (χ1n) is 21.3. The van der Waals surface area contributed by atoms with Crippen LogP contribution in [0.2, 0.25) is 0 Å². The van der Waals surface area contributed by atoms with Gasteiger partial charge in [-0.2, -0.15) is 10.2 Å². The van der Waals surface area contributed by atoms with Crippen molar-refractivity contribution in [3.8, 4) is 67.1 Å². The third kappa shape index (κ3) is 8.70. The molecule has 62 heavy (non-hydrogen) atoms. The second kappa shape index (κ2) is 17.8. The van der Waals surface area contributed by atoms with E-state index >= 15 is 0 Å². The van der Waals surface area contributed by atoms with E-state index in [1.807, 2.05) is 52.5 Å². The maximum absolute atomic E-state index is 5.04. The molecule has 7 aromatic carbocycles. The molecule has 0 saturated heterocycles. The van der Waals surface area contributed by atoms with E-state index in [4.69, 9.17) is 4.98 Å². The molecule has 0 aliphatic carbocycles. The van der Waals surface area contributed by atoms with E-state index in [-0.39, 0.29) is 0 Å². The number of aromatic nitrogens is 5. The summed E-state index contributed by atoms with van der Waals surface area (Å²) in [5.41, 5.74) is 19.0. The SMILES string of the molecule is c1ccc(-c2ccc(-c3cccc(-c4ccc(-c5ccccc5-c5cc(CCc6ccc(-n7cccn7)cc6)cc(CCc6ccc(-n7cccn7)cc6)c5)cn4)c3)cc2)cc1. The number of rotatable bonds is 13. The summed E-state index contributed by atoms with van der Waals surface area (Å²) in [7, 11) is 0. The minimum absolute atomic E-state index is 0.940. The summed E-state index contributed by atoms with van der Waals surface area (Å²) >= 11 is 0. The summed E-state index contributed by atoms with van der Waals surface area (Å²) < 4.78 is 3.80. The van der Waals surface area contributed by atoms with Crippen LogP contribution < -0.4 is 0 Å². The Kier molecular flexibility index (Phi) is 11.0. The first kappa shape index (κ1) is 38.3. The Balaban J connectivity index is 0.911. The Morgan fingerprint density at radius 1 is 0.323 bits per heavy atom. The fourth-order valence-corrected chi connectivity index (χ4v) is 8.31. The Morgan fingerprint density at radius 3 is 1.35 bits per heavy atom. The summed E-state index contributed by atoms with van der Waals surface area (Å²) in [5, 5.41) is 8.78. The molecule has 10 aromatic rings. The van der Waals surface area contributed by atoms with Gasteiger partial charge >= 0.3 is 0 Å². The molecule has 0 saturated carbocycles. The maximum atomic E-state index is 5.04. The van der Waals surface area contributed by atoms with Crippen molar-refractivity contribution in [2.75, 3.05) is 0 Å². The number of nitrogens with zero attached hydrogens (tertiary/aromatic N) is 5. The zero-order valence-electron chi connectivity index (χ0n) is 34.4. The molecule has 0 unspecified atom stereocenters.